The Morgan fingerprint density at radius 1 is 1.44 bits per heavy atom. The molecular formula is C13H21FN2OS. The number of hydrogen-bond donors (Lipinski definition) is 2. The first-order valence-corrected chi connectivity index (χ1v) is 7.49. The van der Waals surface area contributed by atoms with Crippen LogP contribution in [-0.2, 0) is 0 Å². The van der Waals surface area contributed by atoms with E-state index in [2.05, 4.69) is 18.5 Å². The molecule has 18 heavy (non-hydrogen) atoms. The van der Waals surface area contributed by atoms with Gasteiger partial charge in [-0.3, -0.25) is 0 Å². The van der Waals surface area contributed by atoms with Gasteiger partial charge in [0.2, 0.25) is 0 Å². The highest BCUT2D eigenvalue weighted by Crippen LogP contribution is 2.29. The molecule has 1 aromatic rings. The Bertz CT molecular complexity index is 387. The van der Waals surface area contributed by atoms with E-state index >= 15 is 0 Å². The molecule has 0 saturated carbocycles. The van der Waals surface area contributed by atoms with Crippen LogP contribution in [-0.4, -0.2) is 24.7 Å². The first-order chi connectivity index (χ1) is 8.62. The molecule has 0 aliphatic heterocycles. The van der Waals surface area contributed by atoms with Crippen molar-refractivity contribution in [3.8, 4) is 5.75 Å². The lowest BCUT2D eigenvalue weighted by atomic mass is 10.2. The first kappa shape index (κ1) is 15.0. The Morgan fingerprint density at radius 3 is 2.72 bits per heavy atom. The minimum absolute atomic E-state index is 0.244. The molecule has 1 rings (SSSR count). The van der Waals surface area contributed by atoms with E-state index in [4.69, 9.17) is 10.5 Å². The van der Waals surface area contributed by atoms with Gasteiger partial charge >= 0.3 is 0 Å². The van der Waals surface area contributed by atoms with Gasteiger partial charge in [0.25, 0.3) is 0 Å². The van der Waals surface area contributed by atoms with Crippen molar-refractivity contribution in [2.24, 2.45) is 0 Å². The van der Waals surface area contributed by atoms with Crippen LogP contribution in [0.5, 0.6) is 5.75 Å². The number of nitrogens with two attached hydrogens (primary N) is 1. The summed E-state index contributed by atoms with van der Waals surface area (Å²) in [6, 6.07) is 3.26. The monoisotopic (exact) mass is 272 g/mol. The molecule has 5 heteroatoms. The molecule has 102 valence electrons. The number of benzene rings is 1. The van der Waals surface area contributed by atoms with Gasteiger partial charge in [0.1, 0.15) is 0 Å². The van der Waals surface area contributed by atoms with Crippen molar-refractivity contribution in [2.75, 3.05) is 29.7 Å². The number of nitrogens with one attached hydrogen (secondary N) is 1. The lowest BCUT2D eigenvalue weighted by Crippen LogP contribution is -2.21. The standard InChI is InChI=1S/C13H21FN2OS/c1-4-9(8-18-3)16-12-7-13(17-5-2)10(14)6-11(12)15/h6-7,9,16H,4-5,8,15H2,1-3H3. The maximum Gasteiger partial charge on any atom is 0.167 e. The smallest absolute Gasteiger partial charge is 0.167 e. The maximum atomic E-state index is 13.5. The van der Waals surface area contributed by atoms with E-state index < -0.39 is 5.82 Å². The average molecular weight is 272 g/mol. The molecule has 0 bridgehead atoms. The van der Waals surface area contributed by atoms with Gasteiger partial charge in [-0.25, -0.2) is 4.39 Å². The van der Waals surface area contributed by atoms with Crippen LogP contribution >= 0.6 is 11.8 Å². The molecule has 0 fully saturated rings. The van der Waals surface area contributed by atoms with Crippen molar-refractivity contribution >= 4 is 23.1 Å². The predicted molar refractivity (Wildman–Crippen MR) is 78.1 cm³/mol. The molecule has 0 heterocycles. The average Bonchev–Trinajstić information content (AvgIpc) is 2.34. The molecule has 0 spiro atoms. The van der Waals surface area contributed by atoms with E-state index in [1.807, 2.05) is 6.92 Å². The predicted octanol–water partition coefficient (Wildman–Crippen LogP) is 3.36. The molecule has 0 aromatic heterocycles. The van der Waals surface area contributed by atoms with Crippen LogP contribution in [0.2, 0.25) is 0 Å². The molecule has 3 N–H and O–H groups in total. The highest BCUT2D eigenvalue weighted by atomic mass is 32.2. The number of thioether (sulfide) groups is 1. The summed E-state index contributed by atoms with van der Waals surface area (Å²) in [6.45, 7) is 4.37. The van der Waals surface area contributed by atoms with Gasteiger partial charge in [0.05, 0.1) is 18.0 Å². The van der Waals surface area contributed by atoms with Crippen LogP contribution in [0, 0.1) is 5.82 Å². The maximum absolute atomic E-state index is 13.5. The largest absolute Gasteiger partial charge is 0.491 e. The van der Waals surface area contributed by atoms with E-state index in [9.17, 15) is 4.39 Å². The summed E-state index contributed by atoms with van der Waals surface area (Å²) in [6.07, 6.45) is 3.05. The molecule has 0 saturated heterocycles. The van der Waals surface area contributed by atoms with E-state index in [0.717, 1.165) is 17.9 Å². The minimum Gasteiger partial charge on any atom is -0.491 e. The van der Waals surface area contributed by atoms with Crippen LogP contribution in [0.4, 0.5) is 15.8 Å². The third kappa shape index (κ3) is 3.98. The molecule has 0 radical (unpaired) electrons. The summed E-state index contributed by atoms with van der Waals surface area (Å²) in [4.78, 5) is 0. The Balaban J connectivity index is 2.89. The highest BCUT2D eigenvalue weighted by molar-refractivity contribution is 7.98. The lowest BCUT2D eigenvalue weighted by Gasteiger charge is -2.19. The molecule has 3 nitrogen and oxygen atoms in total. The van der Waals surface area contributed by atoms with Crippen molar-refractivity contribution in [1.29, 1.82) is 0 Å². The first-order valence-electron chi connectivity index (χ1n) is 6.09. The normalized spacial score (nSPS) is 12.2. The zero-order valence-corrected chi connectivity index (χ0v) is 11.9. The summed E-state index contributed by atoms with van der Waals surface area (Å²) in [5.74, 6) is 0.808. The fourth-order valence-corrected chi connectivity index (χ4v) is 2.36. The van der Waals surface area contributed by atoms with Crippen LogP contribution in [0.15, 0.2) is 12.1 Å². The van der Waals surface area contributed by atoms with Gasteiger partial charge in [0.15, 0.2) is 11.6 Å². The van der Waals surface area contributed by atoms with Gasteiger partial charge in [0, 0.05) is 23.9 Å². The minimum atomic E-state index is -0.419. The second-order valence-corrected chi connectivity index (χ2v) is 4.92. The molecule has 1 atom stereocenters. The van der Waals surface area contributed by atoms with Gasteiger partial charge in [-0.1, -0.05) is 6.92 Å². The summed E-state index contributed by atoms with van der Waals surface area (Å²) in [7, 11) is 0. The number of nitrogen functional groups attached to an aromatic ring is 1. The number of halogens is 1. The third-order valence-electron chi connectivity index (χ3n) is 2.62. The fourth-order valence-electron chi connectivity index (χ4n) is 1.64. The van der Waals surface area contributed by atoms with Crippen molar-refractivity contribution in [2.45, 2.75) is 26.3 Å². The lowest BCUT2D eigenvalue weighted by molar-refractivity contribution is 0.322. The van der Waals surface area contributed by atoms with Crippen LogP contribution in [0.25, 0.3) is 0 Å². The second kappa shape index (κ2) is 7.36. The number of rotatable bonds is 7. The Labute approximate surface area is 112 Å². The van der Waals surface area contributed by atoms with Crippen molar-refractivity contribution in [3.05, 3.63) is 17.9 Å². The quantitative estimate of drug-likeness (QED) is 0.747. The molecular weight excluding hydrogens is 251 g/mol. The van der Waals surface area contributed by atoms with Gasteiger partial charge in [-0.15, -0.1) is 0 Å². The molecule has 0 aliphatic carbocycles. The second-order valence-electron chi connectivity index (χ2n) is 4.01. The SMILES string of the molecule is CCOc1cc(NC(CC)CSC)c(N)cc1F. The van der Waals surface area contributed by atoms with Crippen LogP contribution < -0.4 is 15.8 Å². The van der Waals surface area contributed by atoms with E-state index in [0.29, 0.717) is 18.3 Å². The number of ether oxygens (including phenoxy) is 1. The van der Waals surface area contributed by atoms with Crippen LogP contribution in [0.3, 0.4) is 0 Å². The van der Waals surface area contributed by atoms with Crippen molar-refractivity contribution in [3.63, 3.8) is 0 Å². The zero-order chi connectivity index (χ0) is 13.5. The summed E-state index contributed by atoms with van der Waals surface area (Å²) in [5.41, 5.74) is 6.97. The summed E-state index contributed by atoms with van der Waals surface area (Å²) in [5, 5.41) is 3.33. The molecule has 0 amide bonds. The summed E-state index contributed by atoms with van der Waals surface area (Å²) < 4.78 is 18.8. The Kier molecular flexibility index (Phi) is 6.12. The zero-order valence-electron chi connectivity index (χ0n) is 11.1. The number of hydrogen-bond acceptors (Lipinski definition) is 4. The van der Waals surface area contributed by atoms with E-state index in [-0.39, 0.29) is 5.75 Å². The van der Waals surface area contributed by atoms with Gasteiger partial charge in [-0.2, -0.15) is 11.8 Å². The Morgan fingerprint density at radius 2 is 2.17 bits per heavy atom. The Hall–Kier alpha value is -1.10. The number of anilines is 2. The molecule has 1 aromatic carbocycles. The van der Waals surface area contributed by atoms with Gasteiger partial charge in [-0.05, 0) is 19.6 Å². The molecule has 1 unspecified atom stereocenters. The molecule has 0 aliphatic rings. The van der Waals surface area contributed by atoms with E-state index in [1.165, 1.54) is 6.07 Å². The van der Waals surface area contributed by atoms with Gasteiger partial charge < -0.3 is 15.8 Å². The van der Waals surface area contributed by atoms with Crippen molar-refractivity contribution < 1.29 is 9.13 Å². The highest BCUT2D eigenvalue weighted by Gasteiger charge is 2.12. The van der Waals surface area contributed by atoms with E-state index in [1.54, 1.807) is 17.8 Å². The summed E-state index contributed by atoms with van der Waals surface area (Å²) >= 11 is 1.77. The third-order valence-corrected chi connectivity index (χ3v) is 3.36. The van der Waals surface area contributed by atoms with Crippen LogP contribution in [0.1, 0.15) is 20.3 Å². The topological polar surface area (TPSA) is 47.3 Å². The fraction of sp³-hybridized carbons (Fsp3) is 0.538. The van der Waals surface area contributed by atoms with Crippen molar-refractivity contribution in [1.82, 2.24) is 0 Å².